The number of hydrogen-bond donors (Lipinski definition) is 1. The molecule has 84 valence electrons. The van der Waals surface area contributed by atoms with Crippen LogP contribution >= 0.6 is 0 Å². The van der Waals surface area contributed by atoms with Crippen molar-refractivity contribution >= 4 is 10.8 Å². The molecular formula is C10H22N2OS. The lowest BCUT2D eigenvalue weighted by atomic mass is 9.99. The van der Waals surface area contributed by atoms with Crippen LogP contribution in [-0.2, 0) is 10.8 Å². The summed E-state index contributed by atoms with van der Waals surface area (Å²) in [6, 6.07) is 0.936. The van der Waals surface area contributed by atoms with Crippen molar-refractivity contribution in [3.63, 3.8) is 0 Å². The second-order valence-electron chi connectivity index (χ2n) is 4.10. The fourth-order valence-electron chi connectivity index (χ4n) is 1.95. The van der Waals surface area contributed by atoms with Crippen LogP contribution in [0.3, 0.4) is 0 Å². The van der Waals surface area contributed by atoms with Gasteiger partial charge in [0, 0.05) is 40.9 Å². The molecule has 14 heavy (non-hydrogen) atoms. The van der Waals surface area contributed by atoms with E-state index in [2.05, 4.69) is 11.8 Å². The SMILES string of the molecule is CCS(=O)CCN1CCC(N)CC1C. The first-order valence-corrected chi connectivity index (χ1v) is 6.97. The highest BCUT2D eigenvalue weighted by molar-refractivity contribution is 7.84. The molecule has 3 unspecified atom stereocenters. The van der Waals surface area contributed by atoms with Gasteiger partial charge in [0.1, 0.15) is 0 Å². The van der Waals surface area contributed by atoms with Gasteiger partial charge < -0.3 is 5.73 Å². The first-order chi connectivity index (χ1) is 6.63. The third-order valence-electron chi connectivity index (χ3n) is 2.98. The largest absolute Gasteiger partial charge is 0.328 e. The lowest BCUT2D eigenvalue weighted by Gasteiger charge is -2.36. The number of piperidine rings is 1. The van der Waals surface area contributed by atoms with Crippen molar-refractivity contribution < 1.29 is 4.21 Å². The van der Waals surface area contributed by atoms with Gasteiger partial charge in [-0.05, 0) is 26.3 Å². The molecule has 2 N–H and O–H groups in total. The highest BCUT2D eigenvalue weighted by Crippen LogP contribution is 2.15. The molecule has 1 aliphatic rings. The summed E-state index contributed by atoms with van der Waals surface area (Å²) in [5, 5.41) is 0. The van der Waals surface area contributed by atoms with Gasteiger partial charge in [0.2, 0.25) is 0 Å². The maximum atomic E-state index is 11.3. The van der Waals surface area contributed by atoms with E-state index in [0.29, 0.717) is 12.1 Å². The quantitative estimate of drug-likeness (QED) is 0.750. The zero-order valence-electron chi connectivity index (χ0n) is 9.24. The van der Waals surface area contributed by atoms with Crippen molar-refractivity contribution in [1.29, 1.82) is 0 Å². The van der Waals surface area contributed by atoms with Gasteiger partial charge in [-0.1, -0.05) is 6.92 Å². The van der Waals surface area contributed by atoms with Gasteiger partial charge in [0.05, 0.1) is 0 Å². The average molecular weight is 218 g/mol. The molecule has 0 aromatic heterocycles. The maximum absolute atomic E-state index is 11.3. The third kappa shape index (κ3) is 3.67. The number of rotatable bonds is 4. The summed E-state index contributed by atoms with van der Waals surface area (Å²) in [5.74, 6) is 1.60. The Morgan fingerprint density at radius 2 is 2.29 bits per heavy atom. The summed E-state index contributed by atoms with van der Waals surface area (Å²) in [6.45, 7) is 6.23. The molecule has 0 amide bonds. The monoisotopic (exact) mass is 218 g/mol. The molecule has 0 saturated carbocycles. The Morgan fingerprint density at radius 1 is 1.57 bits per heavy atom. The van der Waals surface area contributed by atoms with E-state index in [-0.39, 0.29) is 0 Å². The molecular weight excluding hydrogens is 196 g/mol. The van der Waals surface area contributed by atoms with Gasteiger partial charge in [0.15, 0.2) is 0 Å². The zero-order valence-corrected chi connectivity index (χ0v) is 10.1. The summed E-state index contributed by atoms with van der Waals surface area (Å²) in [6.07, 6.45) is 2.17. The molecule has 1 saturated heterocycles. The third-order valence-corrected chi connectivity index (χ3v) is 4.26. The van der Waals surface area contributed by atoms with Crippen LogP contribution in [0.1, 0.15) is 26.7 Å². The molecule has 1 heterocycles. The summed E-state index contributed by atoms with van der Waals surface area (Å²) >= 11 is 0. The minimum absolute atomic E-state index is 0.373. The highest BCUT2D eigenvalue weighted by atomic mass is 32.2. The molecule has 0 spiro atoms. The van der Waals surface area contributed by atoms with Gasteiger partial charge in [0.25, 0.3) is 0 Å². The van der Waals surface area contributed by atoms with Crippen LogP contribution in [0.15, 0.2) is 0 Å². The molecule has 1 aliphatic heterocycles. The molecule has 1 fully saturated rings. The van der Waals surface area contributed by atoms with E-state index in [4.69, 9.17) is 5.73 Å². The minimum atomic E-state index is -0.625. The van der Waals surface area contributed by atoms with Crippen LogP contribution in [-0.4, -0.2) is 45.8 Å². The second-order valence-corrected chi connectivity index (χ2v) is 5.97. The number of likely N-dealkylation sites (tertiary alicyclic amines) is 1. The van der Waals surface area contributed by atoms with E-state index >= 15 is 0 Å². The highest BCUT2D eigenvalue weighted by Gasteiger charge is 2.22. The Balaban J connectivity index is 2.27. The van der Waals surface area contributed by atoms with E-state index < -0.39 is 10.8 Å². The normalized spacial score (nSPS) is 31.6. The molecule has 0 bridgehead atoms. The van der Waals surface area contributed by atoms with Crippen LogP contribution < -0.4 is 5.73 Å². The molecule has 0 aromatic carbocycles. The first kappa shape index (κ1) is 12.1. The molecule has 1 rings (SSSR count). The van der Waals surface area contributed by atoms with Crippen molar-refractivity contribution in [2.45, 2.75) is 38.8 Å². The number of hydrogen-bond acceptors (Lipinski definition) is 3. The lowest BCUT2D eigenvalue weighted by molar-refractivity contribution is 0.157. The van der Waals surface area contributed by atoms with Crippen LogP contribution in [0.4, 0.5) is 0 Å². The zero-order chi connectivity index (χ0) is 10.6. The fourth-order valence-corrected chi connectivity index (χ4v) is 2.68. The second kappa shape index (κ2) is 5.83. The lowest BCUT2D eigenvalue weighted by Crippen LogP contribution is -2.46. The van der Waals surface area contributed by atoms with Crippen LogP contribution in [0.25, 0.3) is 0 Å². The van der Waals surface area contributed by atoms with Gasteiger partial charge in [-0.25, -0.2) is 0 Å². The van der Waals surface area contributed by atoms with Gasteiger partial charge >= 0.3 is 0 Å². The number of nitrogens with zero attached hydrogens (tertiary/aromatic N) is 1. The van der Waals surface area contributed by atoms with E-state index in [1.54, 1.807) is 0 Å². The molecule has 3 nitrogen and oxygen atoms in total. The van der Waals surface area contributed by atoms with E-state index in [0.717, 1.165) is 37.4 Å². The Morgan fingerprint density at radius 3 is 2.86 bits per heavy atom. The molecule has 0 aromatic rings. The van der Waals surface area contributed by atoms with Crippen LogP contribution in [0, 0.1) is 0 Å². The van der Waals surface area contributed by atoms with E-state index in [1.165, 1.54) is 0 Å². The fraction of sp³-hybridized carbons (Fsp3) is 1.00. The summed E-state index contributed by atoms with van der Waals surface area (Å²) in [5.41, 5.74) is 5.88. The predicted octanol–water partition coefficient (Wildman–Crippen LogP) is 0.567. The van der Waals surface area contributed by atoms with E-state index in [1.807, 2.05) is 6.92 Å². The van der Waals surface area contributed by atoms with Crippen molar-refractivity contribution in [3.05, 3.63) is 0 Å². The standard InChI is InChI=1S/C10H22N2OS/c1-3-14(13)7-6-12-5-4-10(11)8-9(12)2/h9-10H,3-8,11H2,1-2H3. The molecule has 0 aliphatic carbocycles. The van der Waals surface area contributed by atoms with Gasteiger partial charge in [-0.15, -0.1) is 0 Å². The average Bonchev–Trinajstić information content (AvgIpc) is 2.16. The van der Waals surface area contributed by atoms with Gasteiger partial charge in [-0.2, -0.15) is 0 Å². The smallest absolute Gasteiger partial charge is 0.0362 e. The molecule has 0 radical (unpaired) electrons. The molecule has 4 heteroatoms. The van der Waals surface area contributed by atoms with Crippen molar-refractivity contribution in [3.8, 4) is 0 Å². The summed E-state index contributed by atoms with van der Waals surface area (Å²) in [4.78, 5) is 2.41. The first-order valence-electron chi connectivity index (χ1n) is 5.48. The molecule has 3 atom stereocenters. The van der Waals surface area contributed by atoms with Crippen molar-refractivity contribution in [1.82, 2.24) is 4.90 Å². The Hall–Kier alpha value is 0.0700. The Bertz CT molecular complexity index is 199. The Kier molecular flexibility index (Phi) is 5.06. The maximum Gasteiger partial charge on any atom is 0.0362 e. The van der Waals surface area contributed by atoms with Crippen LogP contribution in [0.2, 0.25) is 0 Å². The van der Waals surface area contributed by atoms with Crippen LogP contribution in [0.5, 0.6) is 0 Å². The van der Waals surface area contributed by atoms with Gasteiger partial charge in [-0.3, -0.25) is 9.11 Å². The number of nitrogens with two attached hydrogens (primary N) is 1. The summed E-state index contributed by atoms with van der Waals surface area (Å²) < 4.78 is 11.3. The minimum Gasteiger partial charge on any atom is -0.328 e. The van der Waals surface area contributed by atoms with Crippen molar-refractivity contribution in [2.75, 3.05) is 24.6 Å². The predicted molar refractivity (Wildman–Crippen MR) is 61.8 cm³/mol. The van der Waals surface area contributed by atoms with E-state index in [9.17, 15) is 4.21 Å². The van der Waals surface area contributed by atoms with Crippen molar-refractivity contribution in [2.24, 2.45) is 5.73 Å². The Labute approximate surface area is 89.5 Å². The summed E-state index contributed by atoms with van der Waals surface area (Å²) in [7, 11) is -0.625. The topological polar surface area (TPSA) is 46.3 Å².